The number of benzene rings is 1. The fraction of sp³-hybridized carbons (Fsp3) is 0.600. The molecular formula is C20H29FN4O3. The normalized spacial score (nSPS) is 18.3. The topological polar surface area (TPSA) is 56.3 Å². The molecule has 2 heterocycles. The largest absolute Gasteiger partial charge is 0.450 e. The summed E-state index contributed by atoms with van der Waals surface area (Å²) in [7, 11) is 0. The molecule has 0 aliphatic carbocycles. The van der Waals surface area contributed by atoms with Gasteiger partial charge in [-0.25, -0.2) is 9.18 Å². The van der Waals surface area contributed by atoms with Crippen molar-refractivity contribution in [1.29, 1.82) is 0 Å². The molecule has 0 spiro atoms. The van der Waals surface area contributed by atoms with Crippen LogP contribution in [0, 0.1) is 5.82 Å². The molecule has 28 heavy (non-hydrogen) atoms. The van der Waals surface area contributed by atoms with Crippen LogP contribution >= 0.6 is 0 Å². The highest BCUT2D eigenvalue weighted by molar-refractivity contribution is 5.76. The minimum atomic E-state index is -0.258. The van der Waals surface area contributed by atoms with Crippen molar-refractivity contribution < 1.29 is 18.7 Å². The van der Waals surface area contributed by atoms with Gasteiger partial charge in [-0.1, -0.05) is 12.1 Å². The average Bonchev–Trinajstić information content (AvgIpc) is 2.73. The number of hydrogen-bond donors (Lipinski definition) is 0. The number of piperazine rings is 2. The van der Waals surface area contributed by atoms with E-state index in [4.69, 9.17) is 4.74 Å². The fourth-order valence-corrected chi connectivity index (χ4v) is 3.69. The second-order valence-electron chi connectivity index (χ2n) is 7.10. The highest BCUT2D eigenvalue weighted by Crippen LogP contribution is 2.20. The van der Waals surface area contributed by atoms with Gasteiger partial charge in [-0.2, -0.15) is 0 Å². The predicted molar refractivity (Wildman–Crippen MR) is 105 cm³/mol. The van der Waals surface area contributed by atoms with Gasteiger partial charge in [0.25, 0.3) is 0 Å². The van der Waals surface area contributed by atoms with Crippen molar-refractivity contribution in [2.24, 2.45) is 0 Å². The zero-order chi connectivity index (χ0) is 19.9. The first-order valence-corrected chi connectivity index (χ1v) is 9.99. The lowest BCUT2D eigenvalue weighted by atomic mass is 10.2. The summed E-state index contributed by atoms with van der Waals surface area (Å²) in [6.45, 7) is 8.18. The molecule has 0 bridgehead atoms. The molecule has 0 saturated carbocycles. The Hall–Kier alpha value is -2.35. The third-order valence-electron chi connectivity index (χ3n) is 5.37. The fourth-order valence-electron chi connectivity index (χ4n) is 3.69. The van der Waals surface area contributed by atoms with Crippen LogP contribution in [0.3, 0.4) is 0 Å². The van der Waals surface area contributed by atoms with Crippen molar-refractivity contribution in [2.75, 3.05) is 70.4 Å². The van der Waals surface area contributed by atoms with Crippen molar-refractivity contribution in [3.05, 3.63) is 30.1 Å². The summed E-state index contributed by atoms with van der Waals surface area (Å²) >= 11 is 0. The molecule has 2 aliphatic heterocycles. The molecule has 2 saturated heterocycles. The van der Waals surface area contributed by atoms with Crippen LogP contribution in [0.25, 0.3) is 0 Å². The van der Waals surface area contributed by atoms with Gasteiger partial charge in [-0.05, 0) is 19.1 Å². The Morgan fingerprint density at radius 2 is 1.61 bits per heavy atom. The Morgan fingerprint density at radius 3 is 2.25 bits per heavy atom. The summed E-state index contributed by atoms with van der Waals surface area (Å²) in [6.07, 6.45) is 0.213. The number of para-hydroxylation sites is 1. The number of rotatable bonds is 5. The van der Waals surface area contributed by atoms with E-state index in [1.807, 2.05) is 15.9 Å². The van der Waals surface area contributed by atoms with Crippen molar-refractivity contribution in [2.45, 2.75) is 13.3 Å². The van der Waals surface area contributed by atoms with Gasteiger partial charge in [0, 0.05) is 65.3 Å². The SMILES string of the molecule is CCOC(=O)N1CCN(CCC(=O)N2CCN(c3ccccc3F)CC2)CC1. The van der Waals surface area contributed by atoms with E-state index in [0.29, 0.717) is 64.5 Å². The van der Waals surface area contributed by atoms with Gasteiger partial charge in [0.05, 0.1) is 12.3 Å². The molecule has 2 aliphatic rings. The maximum Gasteiger partial charge on any atom is 0.409 e. The van der Waals surface area contributed by atoms with Gasteiger partial charge in [-0.15, -0.1) is 0 Å². The quantitative estimate of drug-likeness (QED) is 0.763. The Labute approximate surface area is 165 Å². The first-order valence-electron chi connectivity index (χ1n) is 9.99. The zero-order valence-electron chi connectivity index (χ0n) is 16.5. The summed E-state index contributed by atoms with van der Waals surface area (Å²) in [5, 5.41) is 0. The monoisotopic (exact) mass is 392 g/mol. The molecule has 3 rings (SSSR count). The third-order valence-corrected chi connectivity index (χ3v) is 5.37. The molecule has 2 fully saturated rings. The van der Waals surface area contributed by atoms with Crippen molar-refractivity contribution >= 4 is 17.7 Å². The molecule has 154 valence electrons. The zero-order valence-corrected chi connectivity index (χ0v) is 16.5. The van der Waals surface area contributed by atoms with Gasteiger partial charge < -0.3 is 19.4 Å². The molecule has 0 N–H and O–H groups in total. The Kier molecular flexibility index (Phi) is 7.08. The van der Waals surface area contributed by atoms with Crippen LogP contribution in [0.1, 0.15) is 13.3 Å². The Balaban J connectivity index is 1.37. The second-order valence-corrected chi connectivity index (χ2v) is 7.10. The van der Waals surface area contributed by atoms with Crippen LogP contribution in [-0.4, -0.2) is 92.2 Å². The average molecular weight is 392 g/mol. The number of carbonyl (C=O) groups is 2. The predicted octanol–water partition coefficient (Wildman–Crippen LogP) is 1.64. The van der Waals surface area contributed by atoms with Gasteiger partial charge in [0.2, 0.25) is 5.91 Å². The van der Waals surface area contributed by atoms with Crippen LogP contribution < -0.4 is 4.90 Å². The highest BCUT2D eigenvalue weighted by atomic mass is 19.1. The molecule has 0 unspecified atom stereocenters. The smallest absolute Gasteiger partial charge is 0.409 e. The van der Waals surface area contributed by atoms with Crippen LogP contribution in [0.2, 0.25) is 0 Å². The van der Waals surface area contributed by atoms with Gasteiger partial charge >= 0.3 is 6.09 Å². The molecule has 0 aromatic heterocycles. The van der Waals surface area contributed by atoms with E-state index < -0.39 is 0 Å². The molecule has 8 heteroatoms. The minimum Gasteiger partial charge on any atom is -0.450 e. The van der Waals surface area contributed by atoms with E-state index >= 15 is 0 Å². The number of hydrogen-bond acceptors (Lipinski definition) is 5. The number of ether oxygens (including phenoxy) is 1. The second kappa shape index (κ2) is 9.73. The van der Waals surface area contributed by atoms with Crippen LogP contribution in [0.4, 0.5) is 14.9 Å². The van der Waals surface area contributed by atoms with E-state index in [1.165, 1.54) is 6.07 Å². The maximum atomic E-state index is 13.9. The summed E-state index contributed by atoms with van der Waals surface area (Å²) in [5.41, 5.74) is 0.606. The van der Waals surface area contributed by atoms with E-state index in [0.717, 1.165) is 13.1 Å². The van der Waals surface area contributed by atoms with Crippen molar-refractivity contribution in [1.82, 2.24) is 14.7 Å². The van der Waals surface area contributed by atoms with Crippen LogP contribution in [0.5, 0.6) is 0 Å². The molecule has 0 atom stereocenters. The van der Waals surface area contributed by atoms with Crippen LogP contribution in [-0.2, 0) is 9.53 Å². The number of nitrogens with zero attached hydrogens (tertiary/aromatic N) is 4. The van der Waals surface area contributed by atoms with E-state index in [1.54, 1.807) is 24.0 Å². The molecule has 0 radical (unpaired) electrons. The number of carbonyl (C=O) groups excluding carboxylic acids is 2. The van der Waals surface area contributed by atoms with E-state index in [9.17, 15) is 14.0 Å². The van der Waals surface area contributed by atoms with E-state index in [-0.39, 0.29) is 17.8 Å². The van der Waals surface area contributed by atoms with Crippen molar-refractivity contribution in [3.63, 3.8) is 0 Å². The van der Waals surface area contributed by atoms with Crippen molar-refractivity contribution in [3.8, 4) is 0 Å². The first kappa shape index (κ1) is 20.4. The lowest BCUT2D eigenvalue weighted by molar-refractivity contribution is -0.131. The maximum absolute atomic E-state index is 13.9. The summed E-state index contributed by atoms with van der Waals surface area (Å²) < 4.78 is 18.9. The molecule has 2 amide bonds. The molecule has 1 aromatic carbocycles. The number of anilines is 1. The number of halogens is 1. The third kappa shape index (κ3) is 5.13. The van der Waals surface area contributed by atoms with E-state index in [2.05, 4.69) is 4.90 Å². The first-order chi connectivity index (χ1) is 13.6. The lowest BCUT2D eigenvalue weighted by Crippen LogP contribution is -2.51. The Morgan fingerprint density at radius 1 is 0.964 bits per heavy atom. The summed E-state index contributed by atoms with van der Waals surface area (Å²) in [6, 6.07) is 6.76. The molecular weight excluding hydrogens is 363 g/mol. The lowest BCUT2D eigenvalue weighted by Gasteiger charge is -2.37. The highest BCUT2D eigenvalue weighted by Gasteiger charge is 2.25. The molecule has 1 aromatic rings. The van der Waals surface area contributed by atoms with Crippen LogP contribution in [0.15, 0.2) is 24.3 Å². The summed E-state index contributed by atoms with van der Waals surface area (Å²) in [4.78, 5) is 32.0. The van der Waals surface area contributed by atoms with Gasteiger partial charge in [0.1, 0.15) is 5.82 Å². The number of amides is 2. The van der Waals surface area contributed by atoms with Gasteiger partial charge in [0.15, 0.2) is 0 Å². The summed E-state index contributed by atoms with van der Waals surface area (Å²) in [5.74, 6) is -0.0785. The minimum absolute atomic E-state index is 0.140. The molecule has 7 nitrogen and oxygen atoms in total. The van der Waals surface area contributed by atoms with Gasteiger partial charge in [-0.3, -0.25) is 9.69 Å². The standard InChI is InChI=1S/C20H29FN4O3/c1-2-28-20(27)25-11-9-22(10-12-25)8-7-19(26)24-15-13-23(14-16-24)18-6-4-3-5-17(18)21/h3-6H,2,7-16H2,1H3. The Bertz CT molecular complexity index is 671.